The van der Waals surface area contributed by atoms with E-state index in [1.54, 1.807) is 0 Å². The van der Waals surface area contributed by atoms with E-state index in [0.717, 1.165) is 11.3 Å². The van der Waals surface area contributed by atoms with Crippen molar-refractivity contribution in [2.75, 3.05) is 12.3 Å². The molecule has 0 aromatic carbocycles. The highest BCUT2D eigenvalue weighted by Crippen LogP contribution is 2.30. The Morgan fingerprint density at radius 3 is 2.74 bits per heavy atom. The maximum absolute atomic E-state index is 3.79. The summed E-state index contributed by atoms with van der Waals surface area (Å²) in [6.45, 7) is 7.24. The quantitative estimate of drug-likeness (QED) is 0.392. The molecule has 0 amide bonds. The van der Waals surface area contributed by atoms with E-state index in [0.29, 0.717) is 0 Å². The van der Waals surface area contributed by atoms with Crippen LogP contribution in [0.1, 0.15) is 71.1 Å². The topological polar surface area (TPSA) is 12.0 Å². The molecule has 1 nitrogen and oxygen atoms in total. The zero-order valence-electron chi connectivity index (χ0n) is 12.8. The van der Waals surface area contributed by atoms with Crippen molar-refractivity contribution in [3.63, 3.8) is 0 Å². The fourth-order valence-electron chi connectivity index (χ4n) is 2.76. The average Bonchev–Trinajstić information content (AvgIpc) is 2.94. The second-order valence-corrected chi connectivity index (χ2v) is 7.15. The summed E-state index contributed by atoms with van der Waals surface area (Å²) in [5, 5.41) is 4.71. The first-order valence-electron chi connectivity index (χ1n) is 8.32. The third-order valence-corrected chi connectivity index (χ3v) is 5.52. The Morgan fingerprint density at radius 2 is 2.05 bits per heavy atom. The van der Waals surface area contributed by atoms with E-state index in [4.69, 9.17) is 0 Å². The van der Waals surface area contributed by atoms with Crippen molar-refractivity contribution in [2.45, 2.75) is 82.4 Å². The highest BCUT2D eigenvalue weighted by Gasteiger charge is 2.17. The Bertz CT molecular complexity index is 211. The van der Waals surface area contributed by atoms with Crippen LogP contribution in [0.15, 0.2) is 12.7 Å². The van der Waals surface area contributed by atoms with Crippen LogP contribution >= 0.6 is 11.8 Å². The highest BCUT2D eigenvalue weighted by molar-refractivity contribution is 7.99. The van der Waals surface area contributed by atoms with Crippen molar-refractivity contribution >= 4 is 11.8 Å². The summed E-state index contributed by atoms with van der Waals surface area (Å²) in [5.74, 6) is 1.33. The SMILES string of the molecule is C=CCCCCCC(CSC1CCCC1)NCCC. The molecule has 0 aliphatic heterocycles. The molecule has 1 unspecified atom stereocenters. The number of thioether (sulfide) groups is 1. The Hall–Kier alpha value is 0.0500. The van der Waals surface area contributed by atoms with Crippen LogP contribution in [0.4, 0.5) is 0 Å². The van der Waals surface area contributed by atoms with E-state index in [9.17, 15) is 0 Å². The lowest BCUT2D eigenvalue weighted by Crippen LogP contribution is -2.32. The molecule has 0 heterocycles. The predicted octanol–water partition coefficient (Wildman–Crippen LogP) is 5.17. The molecule has 0 saturated heterocycles. The van der Waals surface area contributed by atoms with Gasteiger partial charge in [0.25, 0.3) is 0 Å². The van der Waals surface area contributed by atoms with Gasteiger partial charge in [0.1, 0.15) is 0 Å². The van der Waals surface area contributed by atoms with Gasteiger partial charge in [-0.2, -0.15) is 11.8 Å². The van der Waals surface area contributed by atoms with Crippen LogP contribution in [0.3, 0.4) is 0 Å². The van der Waals surface area contributed by atoms with Crippen LogP contribution in [0.2, 0.25) is 0 Å². The smallest absolute Gasteiger partial charge is 0.0158 e. The van der Waals surface area contributed by atoms with Gasteiger partial charge in [0, 0.05) is 17.0 Å². The third kappa shape index (κ3) is 8.75. The minimum absolute atomic E-state index is 0.745. The molecule has 1 rings (SSSR count). The van der Waals surface area contributed by atoms with Crippen molar-refractivity contribution in [1.29, 1.82) is 0 Å². The minimum Gasteiger partial charge on any atom is -0.313 e. The van der Waals surface area contributed by atoms with E-state index in [1.165, 1.54) is 76.5 Å². The van der Waals surface area contributed by atoms with Crippen molar-refractivity contribution in [3.05, 3.63) is 12.7 Å². The Morgan fingerprint density at radius 1 is 1.26 bits per heavy atom. The van der Waals surface area contributed by atoms with Crippen LogP contribution < -0.4 is 5.32 Å². The van der Waals surface area contributed by atoms with Gasteiger partial charge in [0.2, 0.25) is 0 Å². The number of rotatable bonds is 12. The number of hydrogen-bond acceptors (Lipinski definition) is 2. The van der Waals surface area contributed by atoms with Gasteiger partial charge in [-0.15, -0.1) is 6.58 Å². The fourth-order valence-corrected chi connectivity index (χ4v) is 4.21. The molecule has 0 aromatic rings. The molecule has 0 spiro atoms. The Kier molecular flexibility index (Phi) is 10.7. The van der Waals surface area contributed by atoms with E-state index in [2.05, 4.69) is 30.6 Å². The van der Waals surface area contributed by atoms with Crippen molar-refractivity contribution in [2.24, 2.45) is 0 Å². The van der Waals surface area contributed by atoms with Crippen molar-refractivity contribution in [3.8, 4) is 0 Å². The van der Waals surface area contributed by atoms with E-state index >= 15 is 0 Å². The highest BCUT2D eigenvalue weighted by atomic mass is 32.2. The molecule has 1 N–H and O–H groups in total. The van der Waals surface area contributed by atoms with Crippen LogP contribution in [-0.4, -0.2) is 23.6 Å². The van der Waals surface area contributed by atoms with Gasteiger partial charge >= 0.3 is 0 Å². The van der Waals surface area contributed by atoms with Gasteiger partial charge < -0.3 is 5.32 Å². The molecule has 0 bridgehead atoms. The van der Waals surface area contributed by atoms with Crippen molar-refractivity contribution < 1.29 is 0 Å². The molecular formula is C17H33NS. The third-order valence-electron chi connectivity index (χ3n) is 3.98. The summed E-state index contributed by atoms with van der Waals surface area (Å²) in [5.41, 5.74) is 0. The first-order valence-corrected chi connectivity index (χ1v) is 9.37. The number of nitrogens with one attached hydrogen (secondary N) is 1. The zero-order valence-corrected chi connectivity index (χ0v) is 13.6. The van der Waals surface area contributed by atoms with Crippen LogP contribution in [-0.2, 0) is 0 Å². The zero-order chi connectivity index (χ0) is 13.8. The first-order chi connectivity index (χ1) is 9.36. The lowest BCUT2D eigenvalue weighted by atomic mass is 10.1. The van der Waals surface area contributed by atoms with E-state index in [1.807, 2.05) is 6.08 Å². The van der Waals surface area contributed by atoms with Gasteiger partial charge in [0.15, 0.2) is 0 Å². The molecular weight excluding hydrogens is 250 g/mol. The van der Waals surface area contributed by atoms with E-state index < -0.39 is 0 Å². The maximum atomic E-state index is 3.79. The molecule has 1 fully saturated rings. The molecule has 2 heteroatoms. The molecule has 19 heavy (non-hydrogen) atoms. The van der Waals surface area contributed by atoms with Crippen molar-refractivity contribution in [1.82, 2.24) is 5.32 Å². The average molecular weight is 284 g/mol. The molecule has 1 aliphatic rings. The molecule has 1 aliphatic carbocycles. The Labute approximate surface area is 125 Å². The summed E-state index contributed by atoms with van der Waals surface area (Å²) in [6.07, 6.45) is 15.8. The second kappa shape index (κ2) is 11.8. The molecule has 112 valence electrons. The first kappa shape index (κ1) is 17.1. The summed E-state index contributed by atoms with van der Waals surface area (Å²) in [6, 6.07) is 0.745. The van der Waals surface area contributed by atoms with Gasteiger partial charge in [-0.25, -0.2) is 0 Å². The molecule has 0 radical (unpaired) electrons. The summed E-state index contributed by atoms with van der Waals surface area (Å²) >= 11 is 2.23. The standard InChI is InChI=1S/C17H33NS/c1-3-5-6-7-8-11-16(18-14-4-2)15-19-17-12-9-10-13-17/h3,16-18H,1,4-15H2,2H3. The van der Waals surface area contributed by atoms with E-state index in [-0.39, 0.29) is 0 Å². The van der Waals surface area contributed by atoms with Crippen LogP contribution in [0.5, 0.6) is 0 Å². The number of unbranched alkanes of at least 4 members (excludes halogenated alkanes) is 3. The fraction of sp³-hybridized carbons (Fsp3) is 0.882. The summed E-state index contributed by atoms with van der Waals surface area (Å²) in [7, 11) is 0. The molecule has 1 saturated carbocycles. The normalized spacial score (nSPS) is 17.7. The number of hydrogen-bond donors (Lipinski definition) is 1. The van der Waals surface area contributed by atoms with Gasteiger partial charge in [0.05, 0.1) is 0 Å². The van der Waals surface area contributed by atoms with Crippen LogP contribution in [0.25, 0.3) is 0 Å². The lowest BCUT2D eigenvalue weighted by molar-refractivity contribution is 0.490. The number of allylic oxidation sites excluding steroid dienone is 1. The molecule has 1 atom stereocenters. The summed E-state index contributed by atoms with van der Waals surface area (Å²) < 4.78 is 0. The van der Waals surface area contributed by atoms with Crippen LogP contribution in [0, 0.1) is 0 Å². The monoisotopic (exact) mass is 283 g/mol. The van der Waals surface area contributed by atoms with Gasteiger partial charge in [-0.3, -0.25) is 0 Å². The van der Waals surface area contributed by atoms with Gasteiger partial charge in [-0.1, -0.05) is 38.7 Å². The lowest BCUT2D eigenvalue weighted by Gasteiger charge is -2.20. The summed E-state index contributed by atoms with van der Waals surface area (Å²) in [4.78, 5) is 0. The predicted molar refractivity (Wildman–Crippen MR) is 90.1 cm³/mol. The largest absolute Gasteiger partial charge is 0.313 e. The van der Waals surface area contributed by atoms with Gasteiger partial charge in [-0.05, 0) is 45.1 Å². The Balaban J connectivity index is 2.11. The minimum atomic E-state index is 0.745. The molecule has 0 aromatic heterocycles. The second-order valence-electron chi connectivity index (χ2n) is 5.82. The maximum Gasteiger partial charge on any atom is 0.0158 e.